The van der Waals surface area contributed by atoms with Crippen molar-refractivity contribution in [3.8, 4) is 0 Å². The van der Waals surface area contributed by atoms with E-state index in [2.05, 4.69) is 10.6 Å². The second-order valence-electron chi connectivity index (χ2n) is 11.6. The molecule has 45 heavy (non-hydrogen) atoms. The lowest BCUT2D eigenvalue weighted by molar-refractivity contribution is -0.140. The highest BCUT2D eigenvalue weighted by Crippen LogP contribution is 2.46. The number of methoxy groups -OCH3 is 1. The lowest BCUT2D eigenvalue weighted by Gasteiger charge is -2.28. The van der Waals surface area contributed by atoms with E-state index in [9.17, 15) is 29.4 Å². The Morgan fingerprint density at radius 1 is 1.20 bits per heavy atom. The van der Waals surface area contributed by atoms with Crippen LogP contribution < -0.4 is 15.5 Å². The number of benzene rings is 2. The molecule has 0 aliphatic carbocycles. The number of carbonyl (C=O) groups is 4. The zero-order chi connectivity index (χ0) is 32.4. The molecule has 11 nitrogen and oxygen atoms in total. The van der Waals surface area contributed by atoms with Crippen LogP contribution in [0, 0.1) is 5.92 Å². The molecule has 2 heterocycles. The third-order valence-electron chi connectivity index (χ3n) is 8.47. The number of aliphatic hydroxyl groups excluding tert-OH is 1. The molecule has 2 aliphatic rings. The van der Waals surface area contributed by atoms with Crippen molar-refractivity contribution in [1.29, 1.82) is 0 Å². The predicted molar refractivity (Wildman–Crippen MR) is 170 cm³/mol. The molecule has 4 rings (SSSR count). The Labute approximate surface area is 264 Å². The maximum absolute atomic E-state index is 13.9. The van der Waals surface area contributed by atoms with Gasteiger partial charge in [-0.05, 0) is 56.0 Å². The van der Waals surface area contributed by atoms with E-state index in [0.717, 1.165) is 24.9 Å². The number of carbonyl (C=O) groups excluding carboxylic acids is 4. The fraction of sp³-hybridized carbons (Fsp3) is 0.471. The van der Waals surface area contributed by atoms with Gasteiger partial charge in [0.05, 0.1) is 25.4 Å². The Hall–Kier alpha value is -4.06. The molecule has 0 spiro atoms. The minimum atomic E-state index is -1.95. The summed E-state index contributed by atoms with van der Waals surface area (Å²) in [5.41, 5.74) is 0.367. The number of hydrogen-bond donors (Lipinski definition) is 4. The van der Waals surface area contributed by atoms with Gasteiger partial charge in [-0.2, -0.15) is 0 Å². The Kier molecular flexibility index (Phi) is 11.9. The molecule has 1 saturated heterocycles. The first kappa shape index (κ1) is 33.8. The van der Waals surface area contributed by atoms with E-state index >= 15 is 0 Å². The first-order chi connectivity index (χ1) is 21.7. The van der Waals surface area contributed by atoms with E-state index in [0.29, 0.717) is 36.3 Å². The number of nitrogens with zero attached hydrogens (tertiary/aromatic N) is 2. The van der Waals surface area contributed by atoms with Crippen LogP contribution >= 0.6 is 0 Å². The van der Waals surface area contributed by atoms with Gasteiger partial charge in [0.25, 0.3) is 5.91 Å². The van der Waals surface area contributed by atoms with Gasteiger partial charge < -0.3 is 35.4 Å². The summed E-state index contributed by atoms with van der Waals surface area (Å²) in [5.74, 6) is -1.93. The molecule has 0 saturated carbocycles. The molecule has 11 heteroatoms. The zero-order valence-electron chi connectivity index (χ0n) is 26.0. The van der Waals surface area contributed by atoms with E-state index in [1.165, 1.54) is 12.0 Å². The molecular weight excluding hydrogens is 576 g/mol. The predicted octanol–water partition coefficient (Wildman–Crippen LogP) is 2.86. The lowest BCUT2D eigenvalue weighted by atomic mass is 9.82. The van der Waals surface area contributed by atoms with Crippen LogP contribution in [0.1, 0.15) is 56.6 Å². The van der Waals surface area contributed by atoms with Crippen molar-refractivity contribution in [2.75, 3.05) is 43.6 Å². The summed E-state index contributed by atoms with van der Waals surface area (Å²) in [6.45, 7) is 3.14. The Bertz CT molecular complexity index is 1380. The van der Waals surface area contributed by atoms with Crippen molar-refractivity contribution in [2.24, 2.45) is 5.92 Å². The van der Waals surface area contributed by atoms with E-state index in [4.69, 9.17) is 4.74 Å². The fourth-order valence-corrected chi connectivity index (χ4v) is 5.88. The lowest BCUT2D eigenvalue weighted by Crippen LogP contribution is -2.44. The van der Waals surface area contributed by atoms with E-state index in [-0.39, 0.29) is 56.4 Å². The van der Waals surface area contributed by atoms with Gasteiger partial charge in [0.15, 0.2) is 5.60 Å². The monoisotopic (exact) mass is 620 g/mol. The van der Waals surface area contributed by atoms with Crippen LogP contribution in [-0.4, -0.2) is 78.2 Å². The molecule has 0 bridgehead atoms. The number of esters is 1. The van der Waals surface area contributed by atoms with E-state index < -0.39 is 17.4 Å². The largest absolute Gasteiger partial charge is 0.469 e. The maximum atomic E-state index is 13.9. The summed E-state index contributed by atoms with van der Waals surface area (Å²) in [4.78, 5) is 54.4. The summed E-state index contributed by atoms with van der Waals surface area (Å²) in [6.07, 6.45) is 6.23. The minimum absolute atomic E-state index is 0.0238. The SMILES string of the molecule is COC(=O)CCCCN1C(=O)[C@@](O)([C@@H](C)/C=C/CC(=O)N(CCO)Cc2ccccc2)c2cc(NC(=O)[C@H]3CCCN3)ccc21. The maximum Gasteiger partial charge on any atom is 0.305 e. The van der Waals surface area contributed by atoms with Gasteiger partial charge >= 0.3 is 5.97 Å². The summed E-state index contributed by atoms with van der Waals surface area (Å²) < 4.78 is 4.71. The van der Waals surface area contributed by atoms with Crippen molar-refractivity contribution in [3.63, 3.8) is 0 Å². The van der Waals surface area contributed by atoms with Crippen molar-refractivity contribution in [2.45, 2.75) is 63.6 Å². The number of anilines is 2. The molecule has 2 aliphatic heterocycles. The molecule has 2 aromatic rings. The third kappa shape index (κ3) is 8.16. The summed E-state index contributed by atoms with van der Waals surface area (Å²) in [7, 11) is 1.33. The number of amides is 3. The smallest absolute Gasteiger partial charge is 0.305 e. The molecule has 0 aromatic heterocycles. The van der Waals surface area contributed by atoms with Crippen LogP contribution in [0.4, 0.5) is 11.4 Å². The molecule has 1 fully saturated rings. The van der Waals surface area contributed by atoms with Crippen molar-refractivity contribution >= 4 is 35.1 Å². The van der Waals surface area contributed by atoms with Gasteiger partial charge in [-0.25, -0.2) is 0 Å². The second-order valence-corrected chi connectivity index (χ2v) is 11.6. The minimum Gasteiger partial charge on any atom is -0.469 e. The van der Waals surface area contributed by atoms with Crippen LogP contribution in [0.5, 0.6) is 0 Å². The molecular formula is C34H44N4O7. The summed E-state index contributed by atoms with van der Waals surface area (Å²) >= 11 is 0. The number of rotatable bonds is 15. The van der Waals surface area contributed by atoms with Gasteiger partial charge in [0, 0.05) is 49.6 Å². The quantitative estimate of drug-likeness (QED) is 0.135. The molecule has 0 unspecified atom stereocenters. The third-order valence-corrected chi connectivity index (χ3v) is 8.47. The first-order valence-electron chi connectivity index (χ1n) is 15.6. The molecule has 2 aromatic carbocycles. The van der Waals surface area contributed by atoms with Gasteiger partial charge in [0.1, 0.15) is 0 Å². The molecule has 3 amide bonds. The standard InChI is InChI=1S/C34H44N4O7/c1-24(10-8-14-30(40)37(20-21-39)23-25-11-4-3-5-12-25)34(44)27-22-26(36-32(42)28-13-9-18-35-28)16-17-29(27)38(33(34)43)19-7-6-15-31(41)45-2/h3-5,8,10-12,16-17,22,24,28,35,39,44H,6-7,9,13-15,18-21,23H2,1-2H3,(H,36,42)/b10-8+/t24-,28+,34+/m0/s1. The highest BCUT2D eigenvalue weighted by atomic mass is 16.5. The molecule has 242 valence electrons. The normalized spacial score (nSPS) is 19.9. The zero-order valence-corrected chi connectivity index (χ0v) is 26.0. The van der Waals surface area contributed by atoms with Crippen molar-refractivity contribution < 1.29 is 34.1 Å². The molecule has 3 atom stereocenters. The topological polar surface area (TPSA) is 149 Å². The summed E-state index contributed by atoms with van der Waals surface area (Å²) in [6, 6.07) is 14.3. The van der Waals surface area contributed by atoms with Gasteiger partial charge in [-0.1, -0.05) is 49.4 Å². The molecule has 0 radical (unpaired) electrons. The van der Waals surface area contributed by atoms with Crippen LogP contribution in [0.3, 0.4) is 0 Å². The highest BCUT2D eigenvalue weighted by molar-refractivity contribution is 6.08. The average Bonchev–Trinajstić information content (AvgIpc) is 3.66. The molecule has 4 N–H and O–H groups in total. The van der Waals surface area contributed by atoms with E-state index in [1.54, 1.807) is 42.2 Å². The van der Waals surface area contributed by atoms with E-state index in [1.807, 2.05) is 30.3 Å². The highest BCUT2D eigenvalue weighted by Gasteiger charge is 2.52. The number of unbranched alkanes of at least 4 members (excludes halogenated alkanes) is 1. The van der Waals surface area contributed by atoms with Gasteiger partial charge in [-0.15, -0.1) is 0 Å². The Morgan fingerprint density at radius 2 is 1.98 bits per heavy atom. The first-order valence-corrected chi connectivity index (χ1v) is 15.6. The second kappa shape index (κ2) is 15.8. The van der Waals surface area contributed by atoms with Crippen LogP contribution in [-0.2, 0) is 36.1 Å². The number of ether oxygens (including phenoxy) is 1. The number of hydrogen-bond acceptors (Lipinski definition) is 8. The fourth-order valence-electron chi connectivity index (χ4n) is 5.88. The van der Waals surface area contributed by atoms with Crippen LogP contribution in [0.2, 0.25) is 0 Å². The van der Waals surface area contributed by atoms with Crippen LogP contribution in [0.25, 0.3) is 0 Å². The number of nitrogens with one attached hydrogen (secondary N) is 2. The average molecular weight is 621 g/mol. The number of aliphatic hydroxyl groups is 2. The summed E-state index contributed by atoms with van der Waals surface area (Å²) in [5, 5.41) is 27.7. The number of fused-ring (bicyclic) bond motifs is 1. The van der Waals surface area contributed by atoms with Gasteiger partial charge in [-0.3, -0.25) is 19.2 Å². The van der Waals surface area contributed by atoms with Crippen LogP contribution in [0.15, 0.2) is 60.7 Å². The van der Waals surface area contributed by atoms with Gasteiger partial charge in [0.2, 0.25) is 11.8 Å². The van der Waals surface area contributed by atoms with Crippen molar-refractivity contribution in [3.05, 3.63) is 71.8 Å². The van der Waals surface area contributed by atoms with Crippen molar-refractivity contribution in [1.82, 2.24) is 10.2 Å². The Balaban J connectivity index is 1.52. The Morgan fingerprint density at radius 3 is 2.67 bits per heavy atom.